The van der Waals surface area contributed by atoms with E-state index in [-0.39, 0.29) is 5.75 Å². The Hall–Kier alpha value is -1.86. The molecule has 1 atom stereocenters. The number of benzene rings is 1. The molecule has 0 aliphatic heterocycles. The van der Waals surface area contributed by atoms with Crippen LogP contribution in [0.2, 0.25) is 0 Å². The van der Waals surface area contributed by atoms with E-state index in [9.17, 15) is 4.21 Å². The number of nitrogens with zero attached hydrogens (tertiary/aromatic N) is 3. The predicted molar refractivity (Wildman–Crippen MR) is 91.5 cm³/mol. The maximum atomic E-state index is 12.2. The average Bonchev–Trinajstić information content (AvgIpc) is 3.17. The van der Waals surface area contributed by atoms with E-state index in [1.807, 2.05) is 36.6 Å². The summed E-state index contributed by atoms with van der Waals surface area (Å²) in [6.45, 7) is 4.06. The molecule has 0 unspecified atom stereocenters. The Balaban J connectivity index is 1.67. The van der Waals surface area contributed by atoms with Crippen LogP contribution in [0.5, 0.6) is 0 Å². The van der Waals surface area contributed by atoms with Crippen LogP contribution in [0.4, 0.5) is 0 Å². The van der Waals surface area contributed by atoms with Crippen molar-refractivity contribution in [3.63, 3.8) is 0 Å². The van der Waals surface area contributed by atoms with Crippen molar-refractivity contribution in [2.45, 2.75) is 31.8 Å². The summed E-state index contributed by atoms with van der Waals surface area (Å²) in [5, 5.41) is 7.02. The highest BCUT2D eigenvalue weighted by Crippen LogP contribution is 2.20. The summed E-state index contributed by atoms with van der Waals surface area (Å²) < 4.78 is 17.5. The summed E-state index contributed by atoms with van der Waals surface area (Å²) in [4.78, 5) is 8.79. The minimum Gasteiger partial charge on any atom is -0.338 e. The zero-order valence-electron chi connectivity index (χ0n) is 13.0. The van der Waals surface area contributed by atoms with Gasteiger partial charge in [-0.3, -0.25) is 4.21 Å². The standard InChI is InChI=1S/C16H17N3O2S2/c1-3-15-17-12(8-22-15)9-23(20)10-14-18-16(19-21-14)13-7-5-4-6-11(13)2/h4-8H,3,9-10H2,1-2H3/t23-/m0/s1. The molecule has 0 spiro atoms. The Morgan fingerprint density at radius 3 is 2.78 bits per heavy atom. The van der Waals surface area contributed by atoms with Gasteiger partial charge in [-0.1, -0.05) is 36.3 Å². The molecule has 0 radical (unpaired) electrons. The summed E-state index contributed by atoms with van der Waals surface area (Å²) in [5.41, 5.74) is 2.87. The SMILES string of the molecule is CCc1nc(C[S@](=O)Cc2nc(-c3ccccc3C)no2)cs1. The number of rotatable bonds is 6. The molecule has 0 saturated heterocycles. The second kappa shape index (κ2) is 7.14. The van der Waals surface area contributed by atoms with Gasteiger partial charge in [0.15, 0.2) is 0 Å². The van der Waals surface area contributed by atoms with E-state index in [1.54, 1.807) is 11.3 Å². The monoisotopic (exact) mass is 347 g/mol. The molecule has 23 heavy (non-hydrogen) atoms. The van der Waals surface area contributed by atoms with Gasteiger partial charge in [0.1, 0.15) is 5.75 Å². The van der Waals surface area contributed by atoms with Gasteiger partial charge in [0, 0.05) is 21.7 Å². The molecule has 0 bridgehead atoms. The highest BCUT2D eigenvalue weighted by atomic mass is 32.2. The minimum atomic E-state index is -1.11. The van der Waals surface area contributed by atoms with Crippen molar-refractivity contribution in [3.8, 4) is 11.4 Å². The Kier molecular flexibility index (Phi) is 4.97. The van der Waals surface area contributed by atoms with Gasteiger partial charge in [0.05, 0.1) is 16.5 Å². The maximum Gasteiger partial charge on any atom is 0.239 e. The van der Waals surface area contributed by atoms with Crippen molar-refractivity contribution in [2.24, 2.45) is 0 Å². The van der Waals surface area contributed by atoms with Crippen molar-refractivity contribution in [3.05, 3.63) is 51.8 Å². The van der Waals surface area contributed by atoms with Gasteiger partial charge in [-0.15, -0.1) is 11.3 Å². The van der Waals surface area contributed by atoms with E-state index < -0.39 is 10.8 Å². The first-order valence-electron chi connectivity index (χ1n) is 7.32. The molecular formula is C16H17N3O2S2. The number of hydrogen-bond donors (Lipinski definition) is 0. The van der Waals surface area contributed by atoms with Crippen LogP contribution in [0, 0.1) is 6.92 Å². The van der Waals surface area contributed by atoms with Gasteiger partial charge in [-0.05, 0) is 18.9 Å². The van der Waals surface area contributed by atoms with Crippen molar-refractivity contribution < 1.29 is 8.73 Å². The molecular weight excluding hydrogens is 330 g/mol. The molecule has 0 saturated carbocycles. The molecule has 1 aromatic carbocycles. The molecule has 5 nitrogen and oxygen atoms in total. The van der Waals surface area contributed by atoms with E-state index in [4.69, 9.17) is 4.52 Å². The van der Waals surface area contributed by atoms with Crippen LogP contribution in [-0.4, -0.2) is 19.3 Å². The Morgan fingerprint density at radius 2 is 2.04 bits per heavy atom. The lowest BCUT2D eigenvalue weighted by molar-refractivity contribution is 0.390. The highest BCUT2D eigenvalue weighted by molar-refractivity contribution is 7.83. The molecule has 2 heterocycles. The summed E-state index contributed by atoms with van der Waals surface area (Å²) in [7, 11) is -1.11. The lowest BCUT2D eigenvalue weighted by Crippen LogP contribution is -2.00. The third-order valence-electron chi connectivity index (χ3n) is 3.35. The van der Waals surface area contributed by atoms with Crippen LogP contribution in [0.15, 0.2) is 34.2 Å². The number of hydrogen-bond acceptors (Lipinski definition) is 6. The van der Waals surface area contributed by atoms with E-state index in [0.29, 0.717) is 17.5 Å². The third-order valence-corrected chi connectivity index (χ3v) is 5.58. The van der Waals surface area contributed by atoms with E-state index in [0.717, 1.165) is 28.2 Å². The Labute approximate surface area is 141 Å². The average molecular weight is 347 g/mol. The Morgan fingerprint density at radius 1 is 1.22 bits per heavy atom. The van der Waals surface area contributed by atoms with Crippen LogP contribution < -0.4 is 0 Å². The van der Waals surface area contributed by atoms with Gasteiger partial charge < -0.3 is 4.52 Å². The number of aryl methyl sites for hydroxylation is 2. The first-order valence-corrected chi connectivity index (χ1v) is 9.69. The van der Waals surface area contributed by atoms with Crippen LogP contribution in [-0.2, 0) is 28.7 Å². The molecule has 7 heteroatoms. The fourth-order valence-corrected chi connectivity index (χ4v) is 4.00. The van der Waals surface area contributed by atoms with Crippen molar-refractivity contribution in [1.82, 2.24) is 15.1 Å². The quantitative estimate of drug-likeness (QED) is 0.682. The highest BCUT2D eigenvalue weighted by Gasteiger charge is 2.14. The van der Waals surface area contributed by atoms with Gasteiger partial charge in [0.2, 0.25) is 11.7 Å². The predicted octanol–water partition coefficient (Wildman–Crippen LogP) is 3.51. The molecule has 0 fully saturated rings. The van der Waals surface area contributed by atoms with E-state index in [2.05, 4.69) is 22.0 Å². The van der Waals surface area contributed by atoms with Crippen molar-refractivity contribution >= 4 is 22.1 Å². The fraction of sp³-hybridized carbons (Fsp3) is 0.312. The first-order chi connectivity index (χ1) is 11.2. The molecule has 120 valence electrons. The van der Waals surface area contributed by atoms with Crippen LogP contribution in [0.3, 0.4) is 0 Å². The van der Waals surface area contributed by atoms with Gasteiger partial charge in [0.25, 0.3) is 0 Å². The smallest absolute Gasteiger partial charge is 0.239 e. The van der Waals surface area contributed by atoms with Crippen LogP contribution >= 0.6 is 11.3 Å². The number of thiazole rings is 1. The molecule has 0 amide bonds. The zero-order chi connectivity index (χ0) is 16.2. The van der Waals surface area contributed by atoms with Crippen molar-refractivity contribution in [1.29, 1.82) is 0 Å². The summed E-state index contributed by atoms with van der Waals surface area (Å²) in [6, 6.07) is 7.84. The molecule has 0 aliphatic carbocycles. The maximum absolute atomic E-state index is 12.2. The molecule has 3 aromatic rings. The van der Waals surface area contributed by atoms with Crippen LogP contribution in [0.1, 0.15) is 29.1 Å². The molecule has 0 N–H and O–H groups in total. The largest absolute Gasteiger partial charge is 0.338 e. The van der Waals surface area contributed by atoms with E-state index in [1.165, 1.54) is 0 Å². The fourth-order valence-electron chi connectivity index (χ4n) is 2.18. The summed E-state index contributed by atoms with van der Waals surface area (Å²) >= 11 is 1.60. The Bertz CT molecular complexity index is 826. The number of aromatic nitrogens is 3. The zero-order valence-corrected chi connectivity index (χ0v) is 14.6. The minimum absolute atomic E-state index is 0.248. The third kappa shape index (κ3) is 3.92. The van der Waals surface area contributed by atoms with Crippen LogP contribution in [0.25, 0.3) is 11.4 Å². The normalized spacial score (nSPS) is 12.4. The molecule has 3 rings (SSSR count). The molecule has 0 aliphatic rings. The van der Waals surface area contributed by atoms with E-state index >= 15 is 0 Å². The summed E-state index contributed by atoms with van der Waals surface area (Å²) in [5.74, 6) is 1.60. The summed E-state index contributed by atoms with van der Waals surface area (Å²) in [6.07, 6.45) is 0.904. The first kappa shape index (κ1) is 16.0. The topological polar surface area (TPSA) is 68.9 Å². The lowest BCUT2D eigenvalue weighted by atomic mass is 10.1. The molecule has 2 aromatic heterocycles. The second-order valence-corrected chi connectivity index (χ2v) is 7.54. The van der Waals surface area contributed by atoms with Gasteiger partial charge >= 0.3 is 0 Å². The van der Waals surface area contributed by atoms with Crippen molar-refractivity contribution in [2.75, 3.05) is 0 Å². The van der Waals surface area contributed by atoms with Gasteiger partial charge in [-0.2, -0.15) is 4.98 Å². The van der Waals surface area contributed by atoms with Gasteiger partial charge in [-0.25, -0.2) is 4.98 Å². The lowest BCUT2D eigenvalue weighted by Gasteiger charge is -1.98. The second-order valence-electron chi connectivity index (χ2n) is 5.14.